The molecule has 0 bridgehead atoms. The van der Waals surface area contributed by atoms with E-state index in [9.17, 15) is 9.59 Å². The number of rotatable bonds is 5. The summed E-state index contributed by atoms with van der Waals surface area (Å²) in [5, 5.41) is 3.00. The van der Waals surface area contributed by atoms with Gasteiger partial charge >= 0.3 is 0 Å². The molecule has 1 saturated heterocycles. The molecule has 28 heavy (non-hydrogen) atoms. The Labute approximate surface area is 169 Å². The highest BCUT2D eigenvalue weighted by molar-refractivity contribution is 5.82. The average Bonchev–Trinajstić information content (AvgIpc) is 3.08. The lowest BCUT2D eigenvalue weighted by molar-refractivity contribution is -0.151. The molecule has 3 fully saturated rings. The number of carbonyl (C=O) groups excluding carboxylic acids is 2. The van der Waals surface area contributed by atoms with Crippen molar-refractivity contribution in [1.82, 2.24) is 10.2 Å². The molecule has 152 valence electrons. The van der Waals surface area contributed by atoms with Crippen molar-refractivity contribution in [2.24, 2.45) is 11.3 Å². The van der Waals surface area contributed by atoms with E-state index in [1.807, 2.05) is 6.92 Å². The van der Waals surface area contributed by atoms with E-state index in [0.29, 0.717) is 29.6 Å². The van der Waals surface area contributed by atoms with Crippen LogP contribution in [0.25, 0.3) is 0 Å². The SMILES string of the molecule is CCC(=O)NC1CC(C(=O)N2CC3(CCC(c4cccc(C(C)C)c4)C3)C2)C1. The molecule has 1 unspecified atom stereocenters. The molecule has 4 heteroatoms. The minimum absolute atomic E-state index is 0.0948. The monoisotopic (exact) mass is 382 g/mol. The molecule has 0 radical (unpaired) electrons. The Balaban J connectivity index is 1.27. The van der Waals surface area contributed by atoms with Crippen LogP contribution in [0.4, 0.5) is 0 Å². The summed E-state index contributed by atoms with van der Waals surface area (Å²) in [5.74, 6) is 1.75. The minimum atomic E-state index is 0.0948. The van der Waals surface area contributed by atoms with E-state index >= 15 is 0 Å². The van der Waals surface area contributed by atoms with Gasteiger partial charge in [0.1, 0.15) is 0 Å². The fraction of sp³-hybridized carbons (Fsp3) is 0.667. The van der Waals surface area contributed by atoms with Crippen LogP contribution in [0.2, 0.25) is 0 Å². The quantitative estimate of drug-likeness (QED) is 0.829. The maximum atomic E-state index is 12.7. The maximum absolute atomic E-state index is 12.7. The molecular formula is C24H34N2O2. The molecule has 0 aromatic heterocycles. The predicted molar refractivity (Wildman–Crippen MR) is 111 cm³/mol. The zero-order valence-electron chi connectivity index (χ0n) is 17.5. The largest absolute Gasteiger partial charge is 0.353 e. The number of nitrogens with zero attached hydrogens (tertiary/aromatic N) is 1. The van der Waals surface area contributed by atoms with Crippen LogP contribution in [0.5, 0.6) is 0 Å². The molecule has 1 aromatic carbocycles. The Morgan fingerprint density at radius 3 is 2.68 bits per heavy atom. The standard InChI is InChI=1S/C24H34N2O2/c1-4-22(27)25-21-11-20(12-21)23(28)26-14-24(15-26)9-8-19(13-24)18-7-5-6-17(10-18)16(2)3/h5-7,10,16,19-21H,4,8-9,11-15H2,1-3H3,(H,25,27). The van der Waals surface area contributed by atoms with E-state index in [2.05, 4.69) is 48.3 Å². The number of carbonyl (C=O) groups is 2. The van der Waals surface area contributed by atoms with Crippen LogP contribution in [0.3, 0.4) is 0 Å². The molecule has 4 nitrogen and oxygen atoms in total. The Morgan fingerprint density at radius 2 is 2.00 bits per heavy atom. The summed E-state index contributed by atoms with van der Waals surface area (Å²) >= 11 is 0. The summed E-state index contributed by atoms with van der Waals surface area (Å²) in [6.07, 6.45) is 5.87. The van der Waals surface area contributed by atoms with Gasteiger partial charge in [-0.2, -0.15) is 0 Å². The summed E-state index contributed by atoms with van der Waals surface area (Å²) < 4.78 is 0. The number of hydrogen-bond acceptors (Lipinski definition) is 2. The fourth-order valence-electron chi connectivity index (χ4n) is 5.40. The third-order valence-corrected chi connectivity index (χ3v) is 7.29. The molecule has 1 N–H and O–H groups in total. The molecule has 1 aromatic rings. The van der Waals surface area contributed by atoms with Crippen LogP contribution >= 0.6 is 0 Å². The van der Waals surface area contributed by atoms with Crippen LogP contribution < -0.4 is 5.32 Å². The summed E-state index contributed by atoms with van der Waals surface area (Å²) in [7, 11) is 0. The fourth-order valence-corrected chi connectivity index (χ4v) is 5.40. The van der Waals surface area contributed by atoms with Crippen molar-refractivity contribution in [3.63, 3.8) is 0 Å². The van der Waals surface area contributed by atoms with Gasteiger partial charge in [0.05, 0.1) is 0 Å². The first-order valence-corrected chi connectivity index (χ1v) is 11.1. The summed E-state index contributed by atoms with van der Waals surface area (Å²) in [4.78, 5) is 26.3. The Hall–Kier alpha value is -1.84. The number of hydrogen-bond donors (Lipinski definition) is 1. The predicted octanol–water partition coefficient (Wildman–Crippen LogP) is 4.21. The molecule has 2 saturated carbocycles. The summed E-state index contributed by atoms with van der Waals surface area (Å²) in [6, 6.07) is 9.33. The summed E-state index contributed by atoms with van der Waals surface area (Å²) in [6.45, 7) is 8.25. The second kappa shape index (κ2) is 7.53. The molecule has 3 aliphatic rings. The number of nitrogens with one attached hydrogen (secondary N) is 1. The topological polar surface area (TPSA) is 49.4 Å². The van der Waals surface area contributed by atoms with E-state index in [-0.39, 0.29) is 17.9 Å². The second-order valence-electron chi connectivity index (χ2n) is 9.75. The molecule has 2 aliphatic carbocycles. The van der Waals surface area contributed by atoms with Gasteiger partial charge in [-0.15, -0.1) is 0 Å². The highest BCUT2D eigenvalue weighted by Crippen LogP contribution is 2.52. The van der Waals surface area contributed by atoms with Gasteiger partial charge < -0.3 is 10.2 Å². The highest BCUT2D eigenvalue weighted by Gasteiger charge is 2.51. The lowest BCUT2D eigenvalue weighted by Crippen LogP contribution is -2.61. The lowest BCUT2D eigenvalue weighted by atomic mass is 9.73. The van der Waals surface area contributed by atoms with Gasteiger partial charge in [0.15, 0.2) is 0 Å². The number of likely N-dealkylation sites (tertiary alicyclic amines) is 1. The van der Waals surface area contributed by atoms with E-state index in [0.717, 1.165) is 25.9 Å². The Morgan fingerprint density at radius 1 is 1.25 bits per heavy atom. The van der Waals surface area contributed by atoms with Crippen LogP contribution in [0.1, 0.15) is 82.3 Å². The first kappa shape index (κ1) is 19.5. The van der Waals surface area contributed by atoms with Crippen LogP contribution in [-0.4, -0.2) is 35.8 Å². The summed E-state index contributed by atoms with van der Waals surface area (Å²) in [5.41, 5.74) is 3.27. The van der Waals surface area contributed by atoms with Gasteiger partial charge in [-0.05, 0) is 55.1 Å². The first-order valence-electron chi connectivity index (χ1n) is 11.1. The number of amides is 2. The molecule has 4 rings (SSSR count). The lowest BCUT2D eigenvalue weighted by Gasteiger charge is -2.51. The van der Waals surface area contributed by atoms with Gasteiger partial charge in [0.25, 0.3) is 0 Å². The Bertz CT molecular complexity index is 745. The first-order chi connectivity index (χ1) is 13.4. The van der Waals surface area contributed by atoms with E-state index in [1.54, 1.807) is 0 Å². The number of benzene rings is 1. The third-order valence-electron chi connectivity index (χ3n) is 7.29. The molecular weight excluding hydrogens is 348 g/mol. The van der Waals surface area contributed by atoms with Gasteiger partial charge in [-0.3, -0.25) is 9.59 Å². The zero-order valence-corrected chi connectivity index (χ0v) is 17.5. The molecule has 2 amide bonds. The van der Waals surface area contributed by atoms with Crippen LogP contribution in [-0.2, 0) is 9.59 Å². The zero-order chi connectivity index (χ0) is 19.9. The van der Waals surface area contributed by atoms with Crippen molar-refractivity contribution in [3.05, 3.63) is 35.4 Å². The van der Waals surface area contributed by atoms with Crippen molar-refractivity contribution in [3.8, 4) is 0 Å². The smallest absolute Gasteiger partial charge is 0.225 e. The van der Waals surface area contributed by atoms with Crippen molar-refractivity contribution >= 4 is 11.8 Å². The molecule has 1 aliphatic heterocycles. The van der Waals surface area contributed by atoms with E-state index in [4.69, 9.17) is 0 Å². The Kier molecular flexibility index (Phi) is 5.24. The normalized spacial score (nSPS) is 28.1. The van der Waals surface area contributed by atoms with Gasteiger partial charge in [-0.1, -0.05) is 45.0 Å². The van der Waals surface area contributed by atoms with Crippen LogP contribution in [0, 0.1) is 11.3 Å². The van der Waals surface area contributed by atoms with Crippen molar-refractivity contribution in [1.29, 1.82) is 0 Å². The van der Waals surface area contributed by atoms with Crippen molar-refractivity contribution in [2.45, 2.75) is 77.2 Å². The van der Waals surface area contributed by atoms with Crippen LogP contribution in [0.15, 0.2) is 24.3 Å². The second-order valence-corrected chi connectivity index (χ2v) is 9.75. The van der Waals surface area contributed by atoms with Crippen molar-refractivity contribution < 1.29 is 9.59 Å². The average molecular weight is 383 g/mol. The molecule has 1 heterocycles. The van der Waals surface area contributed by atoms with Gasteiger partial charge in [-0.25, -0.2) is 0 Å². The highest BCUT2D eigenvalue weighted by atomic mass is 16.2. The van der Waals surface area contributed by atoms with Gasteiger partial charge in [0.2, 0.25) is 11.8 Å². The van der Waals surface area contributed by atoms with Gasteiger partial charge in [0, 0.05) is 36.9 Å². The van der Waals surface area contributed by atoms with E-state index < -0.39 is 0 Å². The van der Waals surface area contributed by atoms with E-state index in [1.165, 1.54) is 30.4 Å². The maximum Gasteiger partial charge on any atom is 0.225 e. The molecule has 1 atom stereocenters. The van der Waals surface area contributed by atoms with Crippen molar-refractivity contribution in [2.75, 3.05) is 13.1 Å². The molecule has 1 spiro atoms. The third kappa shape index (κ3) is 3.70. The minimum Gasteiger partial charge on any atom is -0.353 e.